The van der Waals surface area contributed by atoms with Gasteiger partial charge in [0.05, 0.1) is 0 Å². The Kier molecular flexibility index (Phi) is 5.32. The molecule has 1 aromatic rings. The largest absolute Gasteiger partial charge is 0.375 e. The Morgan fingerprint density at radius 1 is 1.28 bits per heavy atom. The highest BCUT2D eigenvalue weighted by molar-refractivity contribution is 5.94. The van der Waals surface area contributed by atoms with Gasteiger partial charge in [-0.25, -0.2) is 0 Å². The van der Waals surface area contributed by atoms with Crippen LogP contribution in [0.4, 0.5) is 11.4 Å². The summed E-state index contributed by atoms with van der Waals surface area (Å²) in [5.74, 6) is -0.361. The summed E-state index contributed by atoms with van der Waals surface area (Å²) in [7, 11) is 1.47. The number of hydrogen-bond donors (Lipinski definition) is 2. The predicted molar refractivity (Wildman–Crippen MR) is 70.6 cm³/mol. The second-order valence-electron chi connectivity index (χ2n) is 3.89. The third-order valence-electron chi connectivity index (χ3n) is 2.36. The lowest BCUT2D eigenvalue weighted by Gasteiger charge is -2.12. The van der Waals surface area contributed by atoms with E-state index in [2.05, 4.69) is 10.6 Å². The van der Waals surface area contributed by atoms with Crippen LogP contribution >= 0.6 is 0 Å². The molecule has 2 amide bonds. The van der Waals surface area contributed by atoms with Crippen molar-refractivity contribution in [3.8, 4) is 0 Å². The van der Waals surface area contributed by atoms with Crippen molar-refractivity contribution in [2.24, 2.45) is 0 Å². The molecule has 5 heteroatoms. The van der Waals surface area contributed by atoms with Gasteiger partial charge in [0.1, 0.15) is 6.61 Å². The van der Waals surface area contributed by atoms with Gasteiger partial charge in [-0.05, 0) is 24.1 Å². The summed E-state index contributed by atoms with van der Waals surface area (Å²) < 4.78 is 4.76. The number of aryl methyl sites for hydroxylation is 1. The van der Waals surface area contributed by atoms with E-state index in [1.165, 1.54) is 14.0 Å². The minimum absolute atomic E-state index is 0.00746. The fourth-order valence-electron chi connectivity index (χ4n) is 1.60. The number of amides is 2. The zero-order valence-corrected chi connectivity index (χ0v) is 10.9. The summed E-state index contributed by atoms with van der Waals surface area (Å²) in [6.07, 6.45) is 0.795. The third-order valence-corrected chi connectivity index (χ3v) is 2.36. The van der Waals surface area contributed by atoms with Gasteiger partial charge in [0, 0.05) is 25.4 Å². The predicted octanol–water partition coefficient (Wildman–Crippen LogP) is 1.79. The maximum atomic E-state index is 11.5. The number of benzene rings is 1. The molecule has 5 nitrogen and oxygen atoms in total. The van der Waals surface area contributed by atoms with Gasteiger partial charge < -0.3 is 15.4 Å². The molecular weight excluding hydrogens is 232 g/mol. The lowest BCUT2D eigenvalue weighted by Crippen LogP contribution is -2.18. The van der Waals surface area contributed by atoms with Crippen LogP contribution in [-0.4, -0.2) is 25.5 Å². The molecular formula is C13H18N2O3. The Morgan fingerprint density at radius 2 is 2.00 bits per heavy atom. The molecule has 2 N–H and O–H groups in total. The van der Waals surface area contributed by atoms with Gasteiger partial charge in [-0.3, -0.25) is 9.59 Å². The van der Waals surface area contributed by atoms with E-state index in [0.29, 0.717) is 11.4 Å². The molecule has 0 aliphatic carbocycles. The molecule has 0 aliphatic heterocycles. The molecule has 0 radical (unpaired) electrons. The zero-order valence-electron chi connectivity index (χ0n) is 10.9. The summed E-state index contributed by atoms with van der Waals surface area (Å²) in [5.41, 5.74) is 2.37. The average Bonchev–Trinajstić information content (AvgIpc) is 2.28. The lowest BCUT2D eigenvalue weighted by atomic mass is 10.1. The van der Waals surface area contributed by atoms with Gasteiger partial charge in [0.2, 0.25) is 11.8 Å². The van der Waals surface area contributed by atoms with Gasteiger partial charge in [-0.1, -0.05) is 13.0 Å². The SMILES string of the molecule is CCc1ccc(NC(C)=O)cc1NC(=O)COC. The smallest absolute Gasteiger partial charge is 0.250 e. The van der Waals surface area contributed by atoms with Crippen molar-refractivity contribution in [2.45, 2.75) is 20.3 Å². The first-order valence-corrected chi connectivity index (χ1v) is 5.76. The molecule has 0 saturated carbocycles. The van der Waals surface area contributed by atoms with Crippen LogP contribution in [0.2, 0.25) is 0 Å². The van der Waals surface area contributed by atoms with E-state index in [4.69, 9.17) is 4.74 Å². The highest BCUT2D eigenvalue weighted by Gasteiger charge is 2.07. The standard InChI is InChI=1S/C13H18N2O3/c1-4-10-5-6-11(14-9(2)16)7-12(10)15-13(17)8-18-3/h5-7H,4,8H2,1-3H3,(H,14,16)(H,15,17). The Morgan fingerprint density at radius 3 is 2.56 bits per heavy atom. The average molecular weight is 250 g/mol. The highest BCUT2D eigenvalue weighted by atomic mass is 16.5. The van der Waals surface area contributed by atoms with Gasteiger partial charge >= 0.3 is 0 Å². The quantitative estimate of drug-likeness (QED) is 0.837. The van der Waals surface area contributed by atoms with Crippen molar-refractivity contribution in [1.82, 2.24) is 0 Å². The molecule has 1 rings (SSSR count). The molecule has 0 fully saturated rings. The Labute approximate surface area is 107 Å². The van der Waals surface area contributed by atoms with Crippen LogP contribution in [0.15, 0.2) is 18.2 Å². The number of rotatable bonds is 5. The van der Waals surface area contributed by atoms with Crippen molar-refractivity contribution in [1.29, 1.82) is 0 Å². The molecule has 18 heavy (non-hydrogen) atoms. The topological polar surface area (TPSA) is 67.4 Å². The van der Waals surface area contributed by atoms with Crippen LogP contribution in [0, 0.1) is 0 Å². The highest BCUT2D eigenvalue weighted by Crippen LogP contribution is 2.21. The Hall–Kier alpha value is -1.88. The molecule has 98 valence electrons. The van der Waals surface area contributed by atoms with Crippen LogP contribution in [0.3, 0.4) is 0 Å². The summed E-state index contributed by atoms with van der Waals surface area (Å²) in [6, 6.07) is 5.44. The monoisotopic (exact) mass is 250 g/mol. The van der Waals surface area contributed by atoms with Crippen LogP contribution in [-0.2, 0) is 20.7 Å². The maximum absolute atomic E-state index is 11.5. The molecule has 0 atom stereocenters. The van der Waals surface area contributed by atoms with Crippen molar-refractivity contribution in [2.75, 3.05) is 24.4 Å². The first-order valence-electron chi connectivity index (χ1n) is 5.76. The van der Waals surface area contributed by atoms with E-state index in [1.807, 2.05) is 19.1 Å². The van der Waals surface area contributed by atoms with Gasteiger partial charge in [0.15, 0.2) is 0 Å². The van der Waals surface area contributed by atoms with Crippen LogP contribution in [0.25, 0.3) is 0 Å². The number of methoxy groups -OCH3 is 1. The normalized spacial score (nSPS) is 9.94. The Bertz CT molecular complexity index is 444. The number of hydrogen-bond acceptors (Lipinski definition) is 3. The molecule has 0 unspecified atom stereocenters. The summed E-state index contributed by atoms with van der Waals surface area (Å²) >= 11 is 0. The number of nitrogens with one attached hydrogen (secondary N) is 2. The third kappa shape index (κ3) is 4.18. The molecule has 0 heterocycles. The molecule has 0 aliphatic rings. The van der Waals surface area contributed by atoms with E-state index in [-0.39, 0.29) is 18.4 Å². The van der Waals surface area contributed by atoms with Crippen molar-refractivity contribution >= 4 is 23.2 Å². The molecule has 0 aromatic heterocycles. The van der Waals surface area contributed by atoms with Crippen LogP contribution in [0.5, 0.6) is 0 Å². The zero-order chi connectivity index (χ0) is 13.5. The van der Waals surface area contributed by atoms with E-state index < -0.39 is 0 Å². The second kappa shape index (κ2) is 6.76. The summed E-state index contributed by atoms with van der Waals surface area (Å²) in [4.78, 5) is 22.5. The minimum Gasteiger partial charge on any atom is -0.375 e. The maximum Gasteiger partial charge on any atom is 0.250 e. The fraction of sp³-hybridized carbons (Fsp3) is 0.385. The first-order chi connectivity index (χ1) is 8.56. The first kappa shape index (κ1) is 14.2. The molecule has 1 aromatic carbocycles. The van der Waals surface area contributed by atoms with Crippen molar-refractivity contribution in [3.63, 3.8) is 0 Å². The lowest BCUT2D eigenvalue weighted by molar-refractivity contribution is -0.119. The van der Waals surface area contributed by atoms with Gasteiger partial charge in [-0.15, -0.1) is 0 Å². The number of ether oxygens (including phenoxy) is 1. The van der Waals surface area contributed by atoms with Crippen LogP contribution in [0.1, 0.15) is 19.4 Å². The molecule has 0 spiro atoms. The molecule has 0 bridgehead atoms. The molecule has 0 saturated heterocycles. The van der Waals surface area contributed by atoms with E-state index >= 15 is 0 Å². The summed E-state index contributed by atoms with van der Waals surface area (Å²) in [5, 5.41) is 5.44. The van der Waals surface area contributed by atoms with Crippen LogP contribution < -0.4 is 10.6 Å². The van der Waals surface area contributed by atoms with Crippen molar-refractivity contribution in [3.05, 3.63) is 23.8 Å². The van der Waals surface area contributed by atoms with Gasteiger partial charge in [-0.2, -0.15) is 0 Å². The minimum atomic E-state index is -0.216. The number of anilines is 2. The number of carbonyl (C=O) groups excluding carboxylic acids is 2. The Balaban J connectivity index is 2.91. The number of carbonyl (C=O) groups is 2. The van der Waals surface area contributed by atoms with E-state index in [0.717, 1.165) is 12.0 Å². The second-order valence-corrected chi connectivity index (χ2v) is 3.89. The van der Waals surface area contributed by atoms with Crippen molar-refractivity contribution < 1.29 is 14.3 Å². The van der Waals surface area contributed by atoms with Gasteiger partial charge in [0.25, 0.3) is 0 Å². The fourth-order valence-corrected chi connectivity index (χ4v) is 1.60. The summed E-state index contributed by atoms with van der Waals surface area (Å²) in [6.45, 7) is 3.45. The van der Waals surface area contributed by atoms with E-state index in [1.54, 1.807) is 6.07 Å². The van der Waals surface area contributed by atoms with E-state index in [9.17, 15) is 9.59 Å².